The van der Waals surface area contributed by atoms with E-state index in [1.165, 1.54) is 7.11 Å². The predicted octanol–water partition coefficient (Wildman–Crippen LogP) is -0.535. The van der Waals surface area contributed by atoms with Crippen molar-refractivity contribution in [2.75, 3.05) is 46.5 Å². The van der Waals surface area contributed by atoms with Gasteiger partial charge >= 0.3 is 11.8 Å². The second-order valence-electron chi connectivity index (χ2n) is 5.54. The van der Waals surface area contributed by atoms with Gasteiger partial charge in [-0.15, -0.1) is 0 Å². The van der Waals surface area contributed by atoms with Crippen LogP contribution < -0.4 is 10.6 Å². The van der Waals surface area contributed by atoms with Gasteiger partial charge in [0.05, 0.1) is 26.3 Å². The molecule has 1 heterocycles. The van der Waals surface area contributed by atoms with Crippen LogP contribution in [0.25, 0.3) is 0 Å². The topological polar surface area (TPSA) is 97.0 Å². The lowest BCUT2D eigenvalue weighted by atomic mass is 10.1. The predicted molar refractivity (Wildman–Crippen MR) is 89.6 cm³/mol. The monoisotopic (exact) mass is 349 g/mol. The molecule has 1 aliphatic heterocycles. The van der Waals surface area contributed by atoms with E-state index >= 15 is 0 Å². The lowest BCUT2D eigenvalue weighted by Gasteiger charge is -2.33. The summed E-state index contributed by atoms with van der Waals surface area (Å²) in [5.41, 5.74) is 1.00. The molecule has 1 aromatic rings. The van der Waals surface area contributed by atoms with Gasteiger partial charge in [-0.3, -0.25) is 14.4 Å². The number of hydrogen-bond donors (Lipinski definition) is 2. The van der Waals surface area contributed by atoms with Gasteiger partial charge in [-0.1, -0.05) is 30.3 Å². The van der Waals surface area contributed by atoms with Crippen LogP contribution >= 0.6 is 0 Å². The third-order valence-corrected chi connectivity index (χ3v) is 3.79. The molecule has 1 fully saturated rings. The molecule has 3 amide bonds. The van der Waals surface area contributed by atoms with E-state index in [4.69, 9.17) is 9.47 Å². The van der Waals surface area contributed by atoms with Crippen LogP contribution in [-0.4, -0.2) is 69.1 Å². The Bertz CT molecular complexity index is 593. The zero-order valence-corrected chi connectivity index (χ0v) is 14.2. The van der Waals surface area contributed by atoms with Gasteiger partial charge in [0.1, 0.15) is 6.10 Å². The van der Waals surface area contributed by atoms with Gasteiger partial charge in [0, 0.05) is 20.2 Å². The molecule has 8 nitrogen and oxygen atoms in total. The standard InChI is InChI=1S/C17H23N3O5/c1-24-9-7-18-16(22)17(23)19-11-15(21)20-8-10-25-14(12-20)13-5-3-2-4-6-13/h2-6,14H,7-12H2,1H3,(H,18,22)(H,19,23). The summed E-state index contributed by atoms with van der Waals surface area (Å²) in [4.78, 5) is 37.1. The molecule has 1 aromatic carbocycles. The number of amides is 3. The Labute approximate surface area is 146 Å². The van der Waals surface area contributed by atoms with Gasteiger partial charge in [0.25, 0.3) is 0 Å². The average Bonchev–Trinajstić information content (AvgIpc) is 2.66. The number of morpholine rings is 1. The molecule has 0 aliphatic carbocycles. The fourth-order valence-corrected chi connectivity index (χ4v) is 2.44. The third kappa shape index (κ3) is 5.84. The molecule has 0 aromatic heterocycles. The van der Waals surface area contributed by atoms with Crippen molar-refractivity contribution in [3.8, 4) is 0 Å². The molecule has 1 atom stereocenters. The smallest absolute Gasteiger partial charge is 0.309 e. The number of rotatable bonds is 6. The first-order valence-corrected chi connectivity index (χ1v) is 8.11. The summed E-state index contributed by atoms with van der Waals surface area (Å²) >= 11 is 0. The number of carbonyl (C=O) groups is 3. The Hall–Kier alpha value is -2.45. The summed E-state index contributed by atoms with van der Waals surface area (Å²) < 4.78 is 10.5. The van der Waals surface area contributed by atoms with Gasteiger partial charge in [-0.2, -0.15) is 0 Å². The number of methoxy groups -OCH3 is 1. The summed E-state index contributed by atoms with van der Waals surface area (Å²) in [6.45, 7) is 1.62. The Kier molecular flexibility index (Phi) is 7.36. The second-order valence-corrected chi connectivity index (χ2v) is 5.54. The van der Waals surface area contributed by atoms with Gasteiger partial charge in [0.2, 0.25) is 5.91 Å². The summed E-state index contributed by atoms with van der Waals surface area (Å²) in [5, 5.41) is 4.73. The Morgan fingerprint density at radius 2 is 1.92 bits per heavy atom. The maximum atomic E-state index is 12.3. The first-order valence-electron chi connectivity index (χ1n) is 8.11. The van der Waals surface area contributed by atoms with Crippen molar-refractivity contribution >= 4 is 17.7 Å². The Morgan fingerprint density at radius 3 is 2.64 bits per heavy atom. The maximum Gasteiger partial charge on any atom is 0.309 e. The summed E-state index contributed by atoms with van der Waals surface area (Å²) in [7, 11) is 1.50. The zero-order chi connectivity index (χ0) is 18.1. The molecular weight excluding hydrogens is 326 g/mol. The highest BCUT2D eigenvalue weighted by Gasteiger charge is 2.25. The van der Waals surface area contributed by atoms with E-state index in [0.29, 0.717) is 26.3 Å². The number of nitrogens with zero attached hydrogens (tertiary/aromatic N) is 1. The van der Waals surface area contributed by atoms with E-state index < -0.39 is 11.8 Å². The molecule has 0 bridgehead atoms. The Balaban J connectivity index is 1.78. The van der Waals surface area contributed by atoms with Crippen molar-refractivity contribution in [2.45, 2.75) is 6.10 Å². The molecule has 2 N–H and O–H groups in total. The van der Waals surface area contributed by atoms with Crippen molar-refractivity contribution in [3.63, 3.8) is 0 Å². The minimum absolute atomic E-state index is 0.188. The minimum atomic E-state index is -0.836. The molecular formula is C17H23N3O5. The molecule has 0 spiro atoms. The van der Waals surface area contributed by atoms with Crippen LogP contribution in [0.3, 0.4) is 0 Å². The van der Waals surface area contributed by atoms with Crippen LogP contribution in [-0.2, 0) is 23.9 Å². The van der Waals surface area contributed by atoms with Crippen molar-refractivity contribution < 1.29 is 23.9 Å². The van der Waals surface area contributed by atoms with E-state index in [2.05, 4.69) is 10.6 Å². The lowest BCUT2D eigenvalue weighted by Crippen LogP contribution is -2.49. The molecule has 0 saturated carbocycles. The summed E-state index contributed by atoms with van der Waals surface area (Å²) in [5.74, 6) is -1.87. The van der Waals surface area contributed by atoms with Gasteiger partial charge in [0.15, 0.2) is 0 Å². The first kappa shape index (κ1) is 18.9. The second kappa shape index (κ2) is 9.75. The first-order chi connectivity index (χ1) is 12.1. The summed E-state index contributed by atoms with van der Waals surface area (Å²) in [6, 6.07) is 9.65. The normalized spacial score (nSPS) is 17.0. The van der Waals surface area contributed by atoms with Crippen LogP contribution in [0.2, 0.25) is 0 Å². The Morgan fingerprint density at radius 1 is 1.20 bits per heavy atom. The zero-order valence-electron chi connectivity index (χ0n) is 14.2. The van der Waals surface area contributed by atoms with E-state index in [9.17, 15) is 14.4 Å². The molecule has 0 radical (unpaired) electrons. The maximum absolute atomic E-state index is 12.3. The van der Waals surface area contributed by atoms with E-state index in [0.717, 1.165) is 5.56 Å². The van der Waals surface area contributed by atoms with Crippen LogP contribution in [0.1, 0.15) is 11.7 Å². The lowest BCUT2D eigenvalue weighted by molar-refractivity contribution is -0.142. The quantitative estimate of drug-likeness (QED) is 0.531. The fraction of sp³-hybridized carbons (Fsp3) is 0.471. The number of carbonyl (C=O) groups excluding carboxylic acids is 3. The molecule has 136 valence electrons. The van der Waals surface area contributed by atoms with Gasteiger partial charge < -0.3 is 25.0 Å². The highest BCUT2D eigenvalue weighted by molar-refractivity contribution is 6.35. The van der Waals surface area contributed by atoms with Crippen molar-refractivity contribution in [2.24, 2.45) is 0 Å². The molecule has 25 heavy (non-hydrogen) atoms. The van der Waals surface area contributed by atoms with Crippen LogP contribution in [0.5, 0.6) is 0 Å². The highest BCUT2D eigenvalue weighted by Crippen LogP contribution is 2.21. The molecule has 1 saturated heterocycles. The number of nitrogens with one attached hydrogen (secondary N) is 2. The van der Waals surface area contributed by atoms with Crippen LogP contribution in [0.4, 0.5) is 0 Å². The number of benzene rings is 1. The molecule has 1 unspecified atom stereocenters. The average molecular weight is 349 g/mol. The van der Waals surface area contributed by atoms with Crippen molar-refractivity contribution in [1.82, 2.24) is 15.5 Å². The SMILES string of the molecule is COCCNC(=O)C(=O)NCC(=O)N1CCOC(c2ccccc2)C1. The van der Waals surface area contributed by atoms with Crippen molar-refractivity contribution in [1.29, 1.82) is 0 Å². The molecule has 8 heteroatoms. The highest BCUT2D eigenvalue weighted by atomic mass is 16.5. The molecule has 1 aliphatic rings. The number of ether oxygens (including phenoxy) is 2. The van der Waals surface area contributed by atoms with E-state index in [1.54, 1.807) is 4.90 Å². The van der Waals surface area contributed by atoms with Gasteiger partial charge in [-0.05, 0) is 5.56 Å². The van der Waals surface area contributed by atoms with E-state index in [1.807, 2.05) is 30.3 Å². The molecule has 2 rings (SSSR count). The summed E-state index contributed by atoms with van der Waals surface area (Å²) in [6.07, 6.45) is -0.188. The van der Waals surface area contributed by atoms with E-state index in [-0.39, 0.29) is 25.1 Å². The van der Waals surface area contributed by atoms with Crippen LogP contribution in [0.15, 0.2) is 30.3 Å². The van der Waals surface area contributed by atoms with Crippen LogP contribution in [0, 0.1) is 0 Å². The fourth-order valence-electron chi connectivity index (χ4n) is 2.44. The van der Waals surface area contributed by atoms with Gasteiger partial charge in [-0.25, -0.2) is 0 Å². The largest absolute Gasteiger partial charge is 0.383 e. The minimum Gasteiger partial charge on any atom is -0.383 e. The van der Waals surface area contributed by atoms with Crippen molar-refractivity contribution in [3.05, 3.63) is 35.9 Å². The number of hydrogen-bond acceptors (Lipinski definition) is 5. The third-order valence-electron chi connectivity index (χ3n) is 3.79.